The summed E-state index contributed by atoms with van der Waals surface area (Å²) in [5.74, 6) is 5.43. The number of aliphatic hydroxyl groups is 1. The number of aromatic nitrogens is 3. The van der Waals surface area contributed by atoms with E-state index in [1.54, 1.807) is 24.0 Å². The van der Waals surface area contributed by atoms with Gasteiger partial charge in [0.15, 0.2) is 11.2 Å². The predicted molar refractivity (Wildman–Crippen MR) is 182 cm³/mol. The number of hydrogen-bond donors (Lipinski definition) is 2. The van der Waals surface area contributed by atoms with Crippen molar-refractivity contribution in [3.8, 4) is 11.8 Å². The SMILES string of the molecule is CC1(C)CCc2c(C(C(=O)Nc3nccs3)N3Cc4c(cc(C#Cc5ccc(CN6CCC(CO)CC6)cc5)cc4C(F)F)C3=O)ncn21. The number of rotatable bonds is 8. The molecule has 254 valence electrons. The molecule has 1 atom stereocenters. The highest BCUT2D eigenvalue weighted by Gasteiger charge is 2.44. The van der Waals surface area contributed by atoms with E-state index in [0.29, 0.717) is 28.7 Å². The fourth-order valence-electron chi connectivity index (χ4n) is 7.16. The molecule has 2 N–H and O–H groups in total. The number of carbonyl (C=O) groups is 2. The Labute approximate surface area is 288 Å². The van der Waals surface area contributed by atoms with Gasteiger partial charge in [0.2, 0.25) is 0 Å². The normalized spacial score (nSPS) is 17.9. The van der Waals surface area contributed by atoms with Crippen LogP contribution in [0.2, 0.25) is 0 Å². The van der Waals surface area contributed by atoms with Crippen LogP contribution in [0, 0.1) is 17.8 Å². The van der Waals surface area contributed by atoms with Gasteiger partial charge >= 0.3 is 0 Å². The lowest BCUT2D eigenvalue weighted by Gasteiger charge is -2.31. The van der Waals surface area contributed by atoms with Crippen molar-refractivity contribution in [3.63, 3.8) is 0 Å². The van der Waals surface area contributed by atoms with Gasteiger partial charge in [-0.2, -0.15) is 0 Å². The molecule has 1 fully saturated rings. The van der Waals surface area contributed by atoms with Crippen LogP contribution in [-0.4, -0.2) is 61.0 Å². The lowest BCUT2D eigenvalue weighted by molar-refractivity contribution is -0.121. The van der Waals surface area contributed by atoms with Crippen LogP contribution in [0.1, 0.15) is 95.1 Å². The van der Waals surface area contributed by atoms with Crippen LogP contribution in [0.4, 0.5) is 13.9 Å². The van der Waals surface area contributed by atoms with Gasteiger partial charge in [-0.05, 0) is 93.9 Å². The average molecular weight is 685 g/mol. The number of carbonyl (C=O) groups excluding carboxylic acids is 2. The number of hydrogen-bond acceptors (Lipinski definition) is 7. The largest absolute Gasteiger partial charge is 0.396 e. The zero-order valence-corrected chi connectivity index (χ0v) is 28.3. The summed E-state index contributed by atoms with van der Waals surface area (Å²) in [6.07, 6.45) is 3.92. The smallest absolute Gasteiger partial charge is 0.264 e. The zero-order chi connectivity index (χ0) is 34.3. The van der Waals surface area contributed by atoms with E-state index in [4.69, 9.17) is 0 Å². The van der Waals surface area contributed by atoms with E-state index in [9.17, 15) is 23.5 Å². The number of anilines is 1. The van der Waals surface area contributed by atoms with Crippen molar-refractivity contribution >= 4 is 28.3 Å². The molecule has 1 saturated heterocycles. The minimum absolute atomic E-state index is 0.116. The molecule has 5 heterocycles. The minimum atomic E-state index is -2.84. The molecular weight excluding hydrogens is 647 g/mol. The number of thiazole rings is 1. The average Bonchev–Trinajstić information content (AvgIpc) is 3.89. The molecule has 2 amide bonds. The lowest BCUT2D eigenvalue weighted by atomic mass is 9.97. The van der Waals surface area contributed by atoms with E-state index in [2.05, 4.69) is 45.9 Å². The first-order valence-electron chi connectivity index (χ1n) is 16.6. The van der Waals surface area contributed by atoms with Crippen LogP contribution in [0.5, 0.6) is 0 Å². The first-order valence-corrected chi connectivity index (χ1v) is 17.5. The van der Waals surface area contributed by atoms with Gasteiger partial charge < -0.3 is 14.6 Å². The standard InChI is InChI=1S/C37H38F2N6O3S/c1-37(2)12-9-30-31(41-22-45(30)37)32(34(47)42-36-40-13-16-49-36)44-20-29-27(33(38)39)17-26(18-28(29)35(44)48)8-5-23-3-6-24(7-4-23)19-43-14-10-25(21-46)11-15-43/h3-4,6-7,13,16-18,22,25,32-33,46H,9-12,14-15,19-21H2,1-2H3,(H,40,42,47). The number of aliphatic hydroxyl groups excluding tert-OH is 1. The highest BCUT2D eigenvalue weighted by molar-refractivity contribution is 7.13. The topological polar surface area (TPSA) is 104 Å². The molecule has 49 heavy (non-hydrogen) atoms. The van der Waals surface area contributed by atoms with Gasteiger partial charge in [0.05, 0.1) is 12.0 Å². The third-order valence-corrected chi connectivity index (χ3v) is 10.7. The molecule has 3 aliphatic heterocycles. The quantitative estimate of drug-likeness (QED) is 0.224. The van der Waals surface area contributed by atoms with Crippen molar-refractivity contribution in [2.75, 3.05) is 25.0 Å². The van der Waals surface area contributed by atoms with Crippen LogP contribution in [0.3, 0.4) is 0 Å². The van der Waals surface area contributed by atoms with Crippen molar-refractivity contribution in [3.05, 3.63) is 99.1 Å². The van der Waals surface area contributed by atoms with Crippen LogP contribution >= 0.6 is 11.3 Å². The van der Waals surface area contributed by atoms with Crippen LogP contribution in [0.25, 0.3) is 0 Å². The molecule has 9 nitrogen and oxygen atoms in total. The molecule has 0 spiro atoms. The number of piperidine rings is 1. The number of nitrogens with one attached hydrogen (secondary N) is 1. The van der Waals surface area contributed by atoms with Gasteiger partial charge in [-0.15, -0.1) is 11.3 Å². The molecule has 3 aliphatic rings. The fraction of sp³-hybridized carbons (Fsp3) is 0.405. The monoisotopic (exact) mass is 684 g/mol. The van der Waals surface area contributed by atoms with Crippen LogP contribution < -0.4 is 5.32 Å². The molecule has 0 bridgehead atoms. The predicted octanol–water partition coefficient (Wildman–Crippen LogP) is 5.90. The second kappa shape index (κ2) is 13.5. The maximum absolute atomic E-state index is 14.6. The molecular formula is C37H38F2N6O3S. The third kappa shape index (κ3) is 6.63. The van der Waals surface area contributed by atoms with Crippen molar-refractivity contribution < 1.29 is 23.5 Å². The maximum Gasteiger partial charge on any atom is 0.264 e. The van der Waals surface area contributed by atoms with E-state index in [1.165, 1.54) is 22.3 Å². The van der Waals surface area contributed by atoms with Crippen molar-refractivity contribution in [2.24, 2.45) is 5.92 Å². The van der Waals surface area contributed by atoms with Gasteiger partial charge in [0, 0.05) is 64.8 Å². The van der Waals surface area contributed by atoms with E-state index in [1.807, 2.05) is 28.8 Å². The fourth-order valence-corrected chi connectivity index (χ4v) is 7.69. The van der Waals surface area contributed by atoms with E-state index >= 15 is 0 Å². The highest BCUT2D eigenvalue weighted by Crippen LogP contribution is 2.41. The summed E-state index contributed by atoms with van der Waals surface area (Å²) in [4.78, 5) is 40.5. The molecule has 0 saturated carbocycles. The Balaban J connectivity index is 1.15. The van der Waals surface area contributed by atoms with Crippen molar-refractivity contribution in [1.82, 2.24) is 24.3 Å². The molecule has 1 unspecified atom stereocenters. The summed E-state index contributed by atoms with van der Waals surface area (Å²) in [6, 6.07) is 9.61. The molecule has 12 heteroatoms. The number of nitrogens with zero attached hydrogens (tertiary/aromatic N) is 5. The number of fused-ring (bicyclic) bond motifs is 2. The van der Waals surface area contributed by atoms with Gasteiger partial charge in [0.25, 0.3) is 18.2 Å². The number of alkyl halides is 2. The Kier molecular flexibility index (Phi) is 9.09. The summed E-state index contributed by atoms with van der Waals surface area (Å²) in [7, 11) is 0. The van der Waals surface area contributed by atoms with Crippen LogP contribution in [0.15, 0.2) is 54.3 Å². The van der Waals surface area contributed by atoms with E-state index < -0.39 is 24.3 Å². The summed E-state index contributed by atoms with van der Waals surface area (Å²) < 4.78 is 31.1. The second-order valence-corrected chi connectivity index (χ2v) is 14.6. The van der Waals surface area contributed by atoms with E-state index in [-0.39, 0.29) is 35.4 Å². The van der Waals surface area contributed by atoms with E-state index in [0.717, 1.165) is 55.7 Å². The lowest BCUT2D eigenvalue weighted by Crippen LogP contribution is -2.38. The Morgan fingerprint density at radius 2 is 1.88 bits per heavy atom. The Hall–Kier alpha value is -4.44. The minimum Gasteiger partial charge on any atom is -0.396 e. The number of amides is 2. The van der Waals surface area contributed by atoms with Gasteiger partial charge in [-0.1, -0.05) is 24.0 Å². The maximum atomic E-state index is 14.6. The molecule has 2 aromatic heterocycles. The molecule has 2 aromatic carbocycles. The number of likely N-dealkylation sites (tertiary alicyclic amines) is 1. The molecule has 0 radical (unpaired) electrons. The zero-order valence-electron chi connectivity index (χ0n) is 27.5. The van der Waals surface area contributed by atoms with Gasteiger partial charge in [0.1, 0.15) is 0 Å². The van der Waals surface area contributed by atoms with Crippen molar-refractivity contribution in [2.45, 2.75) is 70.6 Å². The van der Waals surface area contributed by atoms with Crippen LogP contribution in [-0.2, 0) is 29.8 Å². The van der Waals surface area contributed by atoms with Gasteiger partial charge in [-0.3, -0.25) is 19.8 Å². The number of benzene rings is 2. The Morgan fingerprint density at radius 3 is 2.57 bits per heavy atom. The first-order chi connectivity index (χ1) is 23.6. The van der Waals surface area contributed by atoms with Crippen molar-refractivity contribution in [1.29, 1.82) is 0 Å². The first kappa shape index (κ1) is 33.1. The number of halogens is 2. The highest BCUT2D eigenvalue weighted by atomic mass is 32.1. The Bertz CT molecular complexity index is 1920. The summed E-state index contributed by atoms with van der Waals surface area (Å²) >= 11 is 1.25. The molecule has 4 aromatic rings. The second-order valence-electron chi connectivity index (χ2n) is 13.7. The number of imidazole rings is 1. The summed E-state index contributed by atoms with van der Waals surface area (Å²) in [6.45, 7) is 6.98. The molecule has 7 rings (SSSR count). The molecule has 0 aliphatic carbocycles. The Morgan fingerprint density at radius 1 is 1.12 bits per heavy atom. The van der Waals surface area contributed by atoms with Gasteiger partial charge in [-0.25, -0.2) is 18.7 Å². The summed E-state index contributed by atoms with van der Waals surface area (Å²) in [5.41, 5.74) is 3.31. The third-order valence-electron chi connectivity index (χ3n) is 10.0. The summed E-state index contributed by atoms with van der Waals surface area (Å²) in [5, 5.41) is 14.3.